The van der Waals surface area contributed by atoms with Crippen LogP contribution in [-0.2, 0) is 10.0 Å². The SMILES string of the molecule is O=C(Nc1ccccc1)c1ccccc1NS(=O)(=O)c1cccc(Br)c1. The van der Waals surface area contributed by atoms with Gasteiger partial charge in [0.2, 0.25) is 0 Å². The third-order valence-electron chi connectivity index (χ3n) is 3.55. The highest BCUT2D eigenvalue weighted by Gasteiger charge is 2.18. The van der Waals surface area contributed by atoms with E-state index in [-0.39, 0.29) is 16.1 Å². The van der Waals surface area contributed by atoms with Gasteiger partial charge >= 0.3 is 0 Å². The van der Waals surface area contributed by atoms with E-state index in [1.165, 1.54) is 12.1 Å². The number of amides is 1. The minimum atomic E-state index is -3.82. The average molecular weight is 431 g/mol. The molecule has 0 saturated carbocycles. The third-order valence-corrected chi connectivity index (χ3v) is 5.41. The van der Waals surface area contributed by atoms with Crippen molar-refractivity contribution in [1.82, 2.24) is 0 Å². The van der Waals surface area contributed by atoms with E-state index >= 15 is 0 Å². The molecule has 0 radical (unpaired) electrons. The highest BCUT2D eigenvalue weighted by Crippen LogP contribution is 2.23. The number of anilines is 2. The quantitative estimate of drug-likeness (QED) is 0.625. The van der Waals surface area contributed by atoms with Crippen LogP contribution in [0.25, 0.3) is 0 Å². The molecule has 0 unspecified atom stereocenters. The Labute approximate surface area is 160 Å². The van der Waals surface area contributed by atoms with E-state index in [1.807, 2.05) is 6.07 Å². The molecule has 0 fully saturated rings. The Hall–Kier alpha value is -2.64. The number of benzene rings is 3. The zero-order chi connectivity index (χ0) is 18.6. The van der Waals surface area contributed by atoms with Crippen molar-refractivity contribution in [2.24, 2.45) is 0 Å². The number of carbonyl (C=O) groups is 1. The Bertz CT molecular complexity index is 1040. The van der Waals surface area contributed by atoms with Crippen LogP contribution in [0, 0.1) is 0 Å². The molecule has 0 aliphatic rings. The summed E-state index contributed by atoms with van der Waals surface area (Å²) in [6.45, 7) is 0. The van der Waals surface area contributed by atoms with E-state index in [0.717, 1.165) is 0 Å². The Balaban J connectivity index is 1.89. The van der Waals surface area contributed by atoms with Gasteiger partial charge in [-0.25, -0.2) is 8.42 Å². The van der Waals surface area contributed by atoms with Crippen LogP contribution in [0.5, 0.6) is 0 Å². The van der Waals surface area contributed by atoms with Gasteiger partial charge in [-0.3, -0.25) is 9.52 Å². The molecule has 0 spiro atoms. The number of nitrogens with one attached hydrogen (secondary N) is 2. The Morgan fingerprint density at radius 1 is 0.846 bits per heavy atom. The van der Waals surface area contributed by atoms with E-state index < -0.39 is 15.9 Å². The van der Waals surface area contributed by atoms with Gasteiger partial charge in [0, 0.05) is 10.2 Å². The molecule has 2 N–H and O–H groups in total. The lowest BCUT2D eigenvalue weighted by molar-refractivity contribution is 0.102. The highest BCUT2D eigenvalue weighted by atomic mass is 79.9. The molecule has 0 aromatic heterocycles. The van der Waals surface area contributed by atoms with Crippen molar-refractivity contribution in [3.05, 3.63) is 88.9 Å². The predicted octanol–water partition coefficient (Wildman–Crippen LogP) is 4.50. The molecule has 26 heavy (non-hydrogen) atoms. The summed E-state index contributed by atoms with van der Waals surface area (Å²) in [5.41, 5.74) is 1.07. The van der Waals surface area contributed by atoms with Gasteiger partial charge in [0.15, 0.2) is 0 Å². The van der Waals surface area contributed by atoms with Crippen molar-refractivity contribution in [2.45, 2.75) is 4.90 Å². The van der Waals surface area contributed by atoms with Crippen molar-refractivity contribution in [1.29, 1.82) is 0 Å². The lowest BCUT2D eigenvalue weighted by atomic mass is 10.1. The lowest BCUT2D eigenvalue weighted by Crippen LogP contribution is -2.18. The normalized spacial score (nSPS) is 11.0. The molecule has 0 atom stereocenters. The van der Waals surface area contributed by atoms with E-state index in [4.69, 9.17) is 0 Å². The van der Waals surface area contributed by atoms with Crippen LogP contribution in [0.15, 0.2) is 88.2 Å². The fourth-order valence-electron chi connectivity index (χ4n) is 2.33. The molecule has 0 bridgehead atoms. The van der Waals surface area contributed by atoms with Gasteiger partial charge in [-0.15, -0.1) is 0 Å². The van der Waals surface area contributed by atoms with Crippen LogP contribution in [0.4, 0.5) is 11.4 Å². The fraction of sp³-hybridized carbons (Fsp3) is 0. The van der Waals surface area contributed by atoms with Crippen molar-refractivity contribution in [3.8, 4) is 0 Å². The maximum absolute atomic E-state index is 12.6. The number of hydrogen-bond donors (Lipinski definition) is 2. The van der Waals surface area contributed by atoms with Crippen LogP contribution < -0.4 is 10.0 Å². The summed E-state index contributed by atoms with van der Waals surface area (Å²) in [5.74, 6) is -0.399. The number of carbonyl (C=O) groups excluding carboxylic acids is 1. The number of para-hydroxylation sites is 2. The maximum atomic E-state index is 12.6. The minimum Gasteiger partial charge on any atom is -0.322 e. The van der Waals surface area contributed by atoms with Gasteiger partial charge in [-0.05, 0) is 42.5 Å². The second-order valence-corrected chi connectivity index (χ2v) is 8.03. The molecule has 3 rings (SSSR count). The van der Waals surface area contributed by atoms with E-state index in [1.54, 1.807) is 60.7 Å². The zero-order valence-corrected chi connectivity index (χ0v) is 15.9. The van der Waals surface area contributed by atoms with Gasteiger partial charge in [0.05, 0.1) is 16.1 Å². The van der Waals surface area contributed by atoms with Crippen LogP contribution in [0.1, 0.15) is 10.4 Å². The number of halogens is 1. The summed E-state index contributed by atoms with van der Waals surface area (Å²) >= 11 is 3.26. The van der Waals surface area contributed by atoms with Crippen LogP contribution in [0.3, 0.4) is 0 Å². The van der Waals surface area contributed by atoms with Crippen molar-refractivity contribution in [3.63, 3.8) is 0 Å². The average Bonchev–Trinajstić information content (AvgIpc) is 2.62. The number of sulfonamides is 1. The first-order chi connectivity index (χ1) is 12.5. The van der Waals surface area contributed by atoms with E-state index in [9.17, 15) is 13.2 Å². The summed E-state index contributed by atoms with van der Waals surface area (Å²) in [7, 11) is -3.82. The molecule has 0 aliphatic carbocycles. The molecule has 7 heteroatoms. The predicted molar refractivity (Wildman–Crippen MR) is 106 cm³/mol. The zero-order valence-electron chi connectivity index (χ0n) is 13.5. The molecule has 5 nitrogen and oxygen atoms in total. The molecular formula is C19H15BrN2O3S. The highest BCUT2D eigenvalue weighted by molar-refractivity contribution is 9.10. The van der Waals surface area contributed by atoms with Gasteiger partial charge in [-0.1, -0.05) is 52.3 Å². The molecule has 3 aromatic carbocycles. The Kier molecular flexibility index (Phi) is 5.39. The monoisotopic (exact) mass is 430 g/mol. The molecule has 0 heterocycles. The largest absolute Gasteiger partial charge is 0.322 e. The molecule has 3 aromatic rings. The van der Waals surface area contributed by atoms with Crippen LogP contribution in [-0.4, -0.2) is 14.3 Å². The second-order valence-electron chi connectivity index (χ2n) is 5.43. The molecular weight excluding hydrogens is 416 g/mol. The molecule has 0 saturated heterocycles. The van der Waals surface area contributed by atoms with E-state index in [0.29, 0.717) is 10.2 Å². The maximum Gasteiger partial charge on any atom is 0.261 e. The number of rotatable bonds is 5. The van der Waals surface area contributed by atoms with E-state index in [2.05, 4.69) is 26.0 Å². The van der Waals surface area contributed by atoms with Crippen LogP contribution >= 0.6 is 15.9 Å². The summed E-state index contributed by atoms with van der Waals surface area (Å²) in [4.78, 5) is 12.7. The van der Waals surface area contributed by atoms with Crippen molar-refractivity contribution >= 4 is 43.2 Å². The Morgan fingerprint density at radius 2 is 1.54 bits per heavy atom. The molecule has 0 aliphatic heterocycles. The summed E-state index contributed by atoms with van der Waals surface area (Å²) in [6.07, 6.45) is 0. The fourth-order valence-corrected chi connectivity index (χ4v) is 4.00. The molecule has 132 valence electrons. The van der Waals surface area contributed by atoms with Gasteiger partial charge in [0.25, 0.3) is 15.9 Å². The first-order valence-corrected chi connectivity index (χ1v) is 9.97. The van der Waals surface area contributed by atoms with Crippen LogP contribution in [0.2, 0.25) is 0 Å². The first-order valence-electron chi connectivity index (χ1n) is 7.69. The van der Waals surface area contributed by atoms with Gasteiger partial charge in [0.1, 0.15) is 0 Å². The smallest absolute Gasteiger partial charge is 0.261 e. The van der Waals surface area contributed by atoms with Gasteiger partial charge < -0.3 is 5.32 Å². The van der Waals surface area contributed by atoms with Crippen molar-refractivity contribution in [2.75, 3.05) is 10.0 Å². The third kappa shape index (κ3) is 4.30. The van der Waals surface area contributed by atoms with Gasteiger partial charge in [-0.2, -0.15) is 0 Å². The number of hydrogen-bond acceptors (Lipinski definition) is 3. The standard InChI is InChI=1S/C19H15BrN2O3S/c20-14-7-6-10-16(13-14)26(24,25)22-18-12-5-4-11-17(18)19(23)21-15-8-2-1-3-9-15/h1-13,22H,(H,21,23). The summed E-state index contributed by atoms with van der Waals surface area (Å²) in [5, 5.41) is 2.75. The lowest BCUT2D eigenvalue weighted by Gasteiger charge is -2.13. The second kappa shape index (κ2) is 7.72. The summed E-state index contributed by atoms with van der Waals surface area (Å²) in [6, 6.07) is 21.8. The Morgan fingerprint density at radius 3 is 2.27 bits per heavy atom. The molecule has 1 amide bonds. The summed E-state index contributed by atoms with van der Waals surface area (Å²) < 4.78 is 28.4. The van der Waals surface area contributed by atoms with Crippen molar-refractivity contribution < 1.29 is 13.2 Å². The first kappa shape index (κ1) is 18.2. The topological polar surface area (TPSA) is 75.3 Å². The minimum absolute atomic E-state index is 0.102.